The molecular weight excluding hydrogens is 195 g/mol. The van der Waals surface area contributed by atoms with Gasteiger partial charge in [0.15, 0.2) is 0 Å². The molecule has 34 valence electrons. The molecule has 1 rings (SSSR count). The summed E-state index contributed by atoms with van der Waals surface area (Å²) in [4.78, 5) is 0. The molecule has 0 amide bonds. The van der Waals surface area contributed by atoms with E-state index in [1.54, 1.807) is 12.4 Å². The average Bonchev–Trinajstić information content (AvgIpc) is 1.72. The summed E-state index contributed by atoms with van der Waals surface area (Å²) in [6.45, 7) is 0. The maximum Gasteiger partial charge on any atom is 0.0496 e. The van der Waals surface area contributed by atoms with Crippen LogP contribution in [0, 0.1) is 0 Å². The van der Waals surface area contributed by atoms with E-state index in [0.717, 1.165) is 0 Å². The van der Waals surface area contributed by atoms with E-state index in [1.807, 2.05) is 12.1 Å². The molecule has 0 fully saturated rings. The van der Waals surface area contributed by atoms with Crippen molar-refractivity contribution >= 4 is 23.9 Å². The predicted octanol–water partition coefficient (Wildman–Crippen LogP) is 0.0958. The predicted molar refractivity (Wildman–Crippen MR) is 27.8 cm³/mol. The van der Waals surface area contributed by atoms with E-state index in [4.69, 9.17) is 0 Å². The normalized spacial score (nSPS) is 6.86. The third-order valence-electron chi connectivity index (χ3n) is 0.483. The second-order valence-corrected chi connectivity index (χ2v) is 0.914. The van der Waals surface area contributed by atoms with Crippen LogP contribution in [0.1, 0.15) is 0 Å². The van der Waals surface area contributed by atoms with Crippen LogP contribution in [-0.2, 0) is 0 Å². The van der Waals surface area contributed by atoms with Crippen molar-refractivity contribution in [2.75, 3.05) is 0 Å². The summed E-state index contributed by atoms with van der Waals surface area (Å²) < 4.78 is 0. The molecule has 0 spiro atoms. The van der Waals surface area contributed by atoms with E-state index in [1.165, 1.54) is 0 Å². The van der Waals surface area contributed by atoms with Gasteiger partial charge in [-0.05, 0) is 12.1 Å². The third kappa shape index (κ3) is 2.56. The first-order chi connectivity index (χ1) is 3.00. The number of aromatic nitrogens is 2. The topological polar surface area (TPSA) is 25.8 Å². The zero-order valence-electron chi connectivity index (χ0n) is 3.70. The van der Waals surface area contributed by atoms with Crippen LogP contribution in [-0.4, -0.2) is 34.1 Å². The van der Waals surface area contributed by atoms with Gasteiger partial charge in [0.25, 0.3) is 0 Å². The minimum atomic E-state index is 0. The molecule has 0 aliphatic carbocycles. The maximum atomic E-state index is 3.53. The van der Waals surface area contributed by atoms with Gasteiger partial charge in [0.1, 0.15) is 0 Å². The van der Waals surface area contributed by atoms with Crippen LogP contribution in [0.25, 0.3) is 0 Å². The maximum absolute atomic E-state index is 3.53. The van der Waals surface area contributed by atoms with Gasteiger partial charge in [-0.15, -0.1) is 0 Å². The first-order valence-corrected chi connectivity index (χ1v) is 1.72. The number of nitrogens with zero attached hydrogens (tertiary/aromatic N) is 2. The summed E-state index contributed by atoms with van der Waals surface area (Å²) in [5, 5.41) is 7.07. The standard InChI is InChI=1S/C4H4N2.Sn/c1-2-4-6-5-3-1;/h1-4H;. The van der Waals surface area contributed by atoms with Gasteiger partial charge in [0.05, 0.1) is 0 Å². The molecule has 0 bridgehead atoms. The van der Waals surface area contributed by atoms with Crippen LogP contribution in [0.5, 0.6) is 0 Å². The summed E-state index contributed by atoms with van der Waals surface area (Å²) in [5.41, 5.74) is 0. The van der Waals surface area contributed by atoms with E-state index >= 15 is 0 Å². The van der Waals surface area contributed by atoms with Gasteiger partial charge in [-0.25, -0.2) is 0 Å². The first kappa shape index (κ1) is 6.88. The van der Waals surface area contributed by atoms with E-state index < -0.39 is 0 Å². The fourth-order valence-electron chi connectivity index (χ4n) is 0.253. The van der Waals surface area contributed by atoms with Crippen molar-refractivity contribution in [2.24, 2.45) is 0 Å². The summed E-state index contributed by atoms with van der Waals surface area (Å²) in [7, 11) is 0. The molecule has 1 heterocycles. The Balaban J connectivity index is 0.000000360. The van der Waals surface area contributed by atoms with E-state index in [9.17, 15) is 0 Å². The van der Waals surface area contributed by atoms with Gasteiger partial charge in [0.2, 0.25) is 0 Å². The molecule has 2 nitrogen and oxygen atoms in total. The molecule has 0 aliphatic heterocycles. The molecule has 1 aromatic heterocycles. The van der Waals surface area contributed by atoms with Crippen molar-refractivity contribution in [3.8, 4) is 0 Å². The molecule has 0 aromatic carbocycles. The zero-order valence-corrected chi connectivity index (χ0v) is 6.56. The molecule has 0 N–H and O–H groups in total. The van der Waals surface area contributed by atoms with Gasteiger partial charge in [-0.2, -0.15) is 10.2 Å². The average molecular weight is 199 g/mol. The Bertz CT molecular complexity index is 81.6. The fraction of sp³-hybridized carbons (Fsp3) is 0. The van der Waals surface area contributed by atoms with Gasteiger partial charge >= 0.3 is 0 Å². The zero-order chi connectivity index (χ0) is 4.24. The van der Waals surface area contributed by atoms with Crippen molar-refractivity contribution in [1.82, 2.24) is 10.2 Å². The molecule has 1 aromatic rings. The van der Waals surface area contributed by atoms with E-state index in [-0.39, 0.29) is 23.9 Å². The van der Waals surface area contributed by atoms with Gasteiger partial charge in [0, 0.05) is 36.3 Å². The molecular formula is C4H4N2Sn. The third-order valence-corrected chi connectivity index (χ3v) is 0.483. The van der Waals surface area contributed by atoms with Crippen LogP contribution in [0.15, 0.2) is 24.5 Å². The fourth-order valence-corrected chi connectivity index (χ4v) is 0.253. The molecule has 7 heavy (non-hydrogen) atoms. The minimum Gasteiger partial charge on any atom is -0.159 e. The monoisotopic (exact) mass is 200 g/mol. The van der Waals surface area contributed by atoms with Gasteiger partial charge in [-0.1, -0.05) is 0 Å². The number of hydrogen-bond donors (Lipinski definition) is 0. The smallest absolute Gasteiger partial charge is 0.0496 e. The van der Waals surface area contributed by atoms with Gasteiger partial charge in [-0.3, -0.25) is 0 Å². The number of rotatable bonds is 0. The van der Waals surface area contributed by atoms with Crippen LogP contribution < -0.4 is 0 Å². The second kappa shape index (κ2) is 4.05. The summed E-state index contributed by atoms with van der Waals surface area (Å²) in [6.07, 6.45) is 3.28. The Morgan fingerprint density at radius 3 is 1.43 bits per heavy atom. The quantitative estimate of drug-likeness (QED) is 0.553. The van der Waals surface area contributed by atoms with Crippen molar-refractivity contribution in [1.29, 1.82) is 0 Å². The van der Waals surface area contributed by atoms with Crippen LogP contribution in [0.4, 0.5) is 0 Å². The molecule has 0 unspecified atom stereocenters. The summed E-state index contributed by atoms with van der Waals surface area (Å²) in [5.74, 6) is 0. The Morgan fingerprint density at radius 1 is 0.857 bits per heavy atom. The Labute approximate surface area is 58.9 Å². The summed E-state index contributed by atoms with van der Waals surface area (Å²) in [6, 6.07) is 3.65. The minimum absolute atomic E-state index is 0. The molecule has 0 saturated carbocycles. The molecule has 0 atom stereocenters. The molecule has 0 aliphatic rings. The van der Waals surface area contributed by atoms with Crippen molar-refractivity contribution in [2.45, 2.75) is 0 Å². The van der Waals surface area contributed by atoms with Gasteiger partial charge < -0.3 is 0 Å². The molecule has 4 radical (unpaired) electrons. The SMILES string of the molecule is [Sn].c1ccnnc1. The van der Waals surface area contributed by atoms with Crippen LogP contribution >= 0.6 is 0 Å². The van der Waals surface area contributed by atoms with Crippen molar-refractivity contribution in [3.05, 3.63) is 24.5 Å². The molecule has 0 saturated heterocycles. The molecule has 3 heteroatoms. The Morgan fingerprint density at radius 2 is 1.29 bits per heavy atom. The van der Waals surface area contributed by atoms with Crippen LogP contribution in [0.2, 0.25) is 0 Å². The van der Waals surface area contributed by atoms with Crippen LogP contribution in [0.3, 0.4) is 0 Å². The Hall–Kier alpha value is -0.121. The Kier molecular flexibility index (Phi) is 3.98. The summed E-state index contributed by atoms with van der Waals surface area (Å²) >= 11 is 0. The largest absolute Gasteiger partial charge is 0.159 e. The van der Waals surface area contributed by atoms with E-state index in [2.05, 4.69) is 10.2 Å². The van der Waals surface area contributed by atoms with Crippen molar-refractivity contribution in [3.63, 3.8) is 0 Å². The van der Waals surface area contributed by atoms with E-state index in [0.29, 0.717) is 0 Å². The number of hydrogen-bond acceptors (Lipinski definition) is 2. The van der Waals surface area contributed by atoms with Crippen molar-refractivity contribution < 1.29 is 0 Å². The first-order valence-electron chi connectivity index (χ1n) is 1.72. The second-order valence-electron chi connectivity index (χ2n) is 0.914.